The largest absolute Gasteiger partial charge is 0.389 e. The van der Waals surface area contributed by atoms with E-state index in [1.165, 1.54) is 17.5 Å². The third kappa shape index (κ3) is 5.50. The Bertz CT molecular complexity index is 517. The molecule has 0 radical (unpaired) electrons. The van der Waals surface area contributed by atoms with Crippen LogP contribution in [-0.2, 0) is 15.9 Å². The minimum Gasteiger partial charge on any atom is -0.389 e. The van der Waals surface area contributed by atoms with E-state index < -0.39 is 6.10 Å². The fraction of sp³-hybridized carbons (Fsp3) is 0.700. The standard InChI is InChI=1S/C20H32N2O3/c1-24-14-13-21-9-11-22(12-10-21)15-18(23)16-25-20-8-4-6-17-5-2-3-7-19(17)20/h2-3,5,7,18,20,23H,4,6,8-16H2,1H3/t18-,20-/m0/s1. The van der Waals surface area contributed by atoms with Gasteiger partial charge in [0.05, 0.1) is 25.4 Å². The van der Waals surface area contributed by atoms with Crippen LogP contribution in [0.5, 0.6) is 0 Å². The summed E-state index contributed by atoms with van der Waals surface area (Å²) in [6.07, 6.45) is 3.10. The predicted molar refractivity (Wildman–Crippen MR) is 98.8 cm³/mol. The van der Waals surface area contributed by atoms with Gasteiger partial charge < -0.3 is 14.6 Å². The number of aliphatic hydroxyl groups excluding tert-OH is 1. The first-order valence-electron chi connectivity index (χ1n) is 9.57. The lowest BCUT2D eigenvalue weighted by Crippen LogP contribution is -2.49. The van der Waals surface area contributed by atoms with Gasteiger partial charge in [0.2, 0.25) is 0 Å². The molecular formula is C20H32N2O3. The lowest BCUT2D eigenvalue weighted by atomic mass is 9.89. The van der Waals surface area contributed by atoms with Crippen LogP contribution in [0.15, 0.2) is 24.3 Å². The topological polar surface area (TPSA) is 45.2 Å². The average Bonchev–Trinajstić information content (AvgIpc) is 2.66. The van der Waals surface area contributed by atoms with Crippen molar-refractivity contribution < 1.29 is 14.6 Å². The molecule has 140 valence electrons. The van der Waals surface area contributed by atoms with Crippen molar-refractivity contribution in [2.24, 2.45) is 0 Å². The van der Waals surface area contributed by atoms with Gasteiger partial charge in [-0.25, -0.2) is 0 Å². The number of fused-ring (bicyclic) bond motifs is 1. The Morgan fingerprint density at radius 3 is 2.72 bits per heavy atom. The Morgan fingerprint density at radius 2 is 1.92 bits per heavy atom. The number of aryl methyl sites for hydroxylation is 1. The molecule has 1 N–H and O–H groups in total. The molecule has 1 aliphatic carbocycles. The first-order valence-corrected chi connectivity index (χ1v) is 9.57. The molecule has 0 spiro atoms. The second-order valence-corrected chi connectivity index (χ2v) is 7.20. The predicted octanol–water partition coefficient (Wildman–Crippen LogP) is 1.71. The molecule has 0 amide bonds. The van der Waals surface area contributed by atoms with E-state index in [9.17, 15) is 5.11 Å². The third-order valence-electron chi connectivity index (χ3n) is 5.35. The maximum absolute atomic E-state index is 10.4. The van der Waals surface area contributed by atoms with Gasteiger partial charge in [0.15, 0.2) is 0 Å². The van der Waals surface area contributed by atoms with Crippen molar-refractivity contribution in [3.8, 4) is 0 Å². The third-order valence-corrected chi connectivity index (χ3v) is 5.35. The molecule has 1 saturated heterocycles. The first-order chi connectivity index (χ1) is 12.3. The van der Waals surface area contributed by atoms with Crippen LogP contribution < -0.4 is 0 Å². The van der Waals surface area contributed by atoms with E-state index in [0.29, 0.717) is 13.2 Å². The number of hydrogen-bond acceptors (Lipinski definition) is 5. The van der Waals surface area contributed by atoms with Crippen molar-refractivity contribution in [3.63, 3.8) is 0 Å². The summed E-state index contributed by atoms with van der Waals surface area (Å²) in [6.45, 7) is 7.02. The van der Waals surface area contributed by atoms with E-state index in [2.05, 4.69) is 34.1 Å². The van der Waals surface area contributed by atoms with Crippen molar-refractivity contribution in [1.29, 1.82) is 0 Å². The molecule has 25 heavy (non-hydrogen) atoms. The molecule has 1 heterocycles. The Balaban J connectivity index is 1.39. The molecule has 0 unspecified atom stereocenters. The van der Waals surface area contributed by atoms with E-state index in [-0.39, 0.29) is 6.10 Å². The number of rotatable bonds is 8. The van der Waals surface area contributed by atoms with Crippen LogP contribution in [0.3, 0.4) is 0 Å². The number of benzene rings is 1. The number of hydrogen-bond donors (Lipinski definition) is 1. The SMILES string of the molecule is COCCN1CCN(C[C@H](O)CO[C@H]2CCCc3ccccc32)CC1. The molecule has 1 fully saturated rings. The summed E-state index contributed by atoms with van der Waals surface area (Å²) in [5.74, 6) is 0. The Hall–Kier alpha value is -0.980. The van der Waals surface area contributed by atoms with E-state index >= 15 is 0 Å². The highest BCUT2D eigenvalue weighted by molar-refractivity contribution is 5.31. The van der Waals surface area contributed by atoms with Crippen molar-refractivity contribution in [1.82, 2.24) is 9.80 Å². The lowest BCUT2D eigenvalue weighted by Gasteiger charge is -2.35. The van der Waals surface area contributed by atoms with Crippen LogP contribution in [0.4, 0.5) is 0 Å². The molecule has 2 atom stereocenters. The Kier molecular flexibility index (Phi) is 7.25. The van der Waals surface area contributed by atoms with Crippen LogP contribution >= 0.6 is 0 Å². The van der Waals surface area contributed by atoms with Gasteiger partial charge in [-0.15, -0.1) is 0 Å². The molecule has 3 rings (SSSR count). The molecule has 0 bridgehead atoms. The Morgan fingerprint density at radius 1 is 1.16 bits per heavy atom. The zero-order valence-corrected chi connectivity index (χ0v) is 15.4. The van der Waals surface area contributed by atoms with Gasteiger partial charge in [-0.05, 0) is 30.4 Å². The fourth-order valence-electron chi connectivity index (χ4n) is 3.88. The maximum atomic E-state index is 10.4. The summed E-state index contributed by atoms with van der Waals surface area (Å²) < 4.78 is 11.2. The minimum atomic E-state index is -0.417. The summed E-state index contributed by atoms with van der Waals surface area (Å²) in [4.78, 5) is 4.76. The number of ether oxygens (including phenoxy) is 2. The summed E-state index contributed by atoms with van der Waals surface area (Å²) in [5, 5.41) is 10.4. The van der Waals surface area contributed by atoms with Gasteiger partial charge in [0.1, 0.15) is 0 Å². The molecule has 0 saturated carbocycles. The van der Waals surface area contributed by atoms with E-state index in [1.807, 2.05) is 0 Å². The molecule has 2 aliphatic rings. The van der Waals surface area contributed by atoms with Crippen molar-refractivity contribution in [3.05, 3.63) is 35.4 Å². The van der Waals surface area contributed by atoms with E-state index in [1.54, 1.807) is 7.11 Å². The van der Waals surface area contributed by atoms with Crippen LogP contribution in [-0.4, -0.2) is 80.6 Å². The van der Waals surface area contributed by atoms with Gasteiger partial charge in [-0.1, -0.05) is 24.3 Å². The van der Waals surface area contributed by atoms with Crippen molar-refractivity contribution >= 4 is 0 Å². The molecule has 1 aromatic rings. The van der Waals surface area contributed by atoms with Gasteiger partial charge in [0.25, 0.3) is 0 Å². The normalized spacial score (nSPS) is 23.4. The van der Waals surface area contributed by atoms with Crippen LogP contribution in [0.2, 0.25) is 0 Å². The zero-order chi connectivity index (χ0) is 17.5. The highest BCUT2D eigenvalue weighted by Gasteiger charge is 2.23. The highest BCUT2D eigenvalue weighted by Crippen LogP contribution is 2.32. The summed E-state index contributed by atoms with van der Waals surface area (Å²) in [7, 11) is 1.75. The quantitative estimate of drug-likeness (QED) is 0.775. The van der Waals surface area contributed by atoms with E-state index in [0.717, 1.165) is 52.2 Å². The molecule has 5 heteroatoms. The second-order valence-electron chi connectivity index (χ2n) is 7.20. The van der Waals surface area contributed by atoms with Gasteiger partial charge >= 0.3 is 0 Å². The number of β-amino-alcohol motifs (C(OH)–C–C–N with tert-alkyl or cyclic N) is 1. The smallest absolute Gasteiger partial charge is 0.0900 e. The summed E-state index contributed by atoms with van der Waals surface area (Å²) in [6, 6.07) is 8.55. The number of methoxy groups -OCH3 is 1. The van der Waals surface area contributed by atoms with Crippen molar-refractivity contribution in [2.45, 2.75) is 31.5 Å². The fourth-order valence-corrected chi connectivity index (χ4v) is 3.88. The average molecular weight is 348 g/mol. The maximum Gasteiger partial charge on any atom is 0.0900 e. The summed E-state index contributed by atoms with van der Waals surface area (Å²) >= 11 is 0. The molecular weight excluding hydrogens is 316 g/mol. The van der Waals surface area contributed by atoms with Crippen molar-refractivity contribution in [2.75, 3.05) is 59.6 Å². The van der Waals surface area contributed by atoms with Crippen LogP contribution in [0, 0.1) is 0 Å². The Labute approximate surface area is 151 Å². The highest BCUT2D eigenvalue weighted by atomic mass is 16.5. The van der Waals surface area contributed by atoms with Gasteiger partial charge in [-0.3, -0.25) is 9.80 Å². The monoisotopic (exact) mass is 348 g/mol. The van der Waals surface area contributed by atoms with Crippen LogP contribution in [0.1, 0.15) is 30.1 Å². The number of aliphatic hydroxyl groups is 1. The number of nitrogens with zero attached hydrogens (tertiary/aromatic N) is 2. The molecule has 1 aliphatic heterocycles. The second kappa shape index (κ2) is 9.64. The lowest BCUT2D eigenvalue weighted by molar-refractivity contribution is -0.0327. The minimum absolute atomic E-state index is 0.144. The zero-order valence-electron chi connectivity index (χ0n) is 15.4. The molecule has 5 nitrogen and oxygen atoms in total. The number of piperazine rings is 1. The first kappa shape index (κ1) is 18.8. The molecule has 1 aromatic carbocycles. The van der Waals surface area contributed by atoms with Crippen LogP contribution in [0.25, 0.3) is 0 Å². The van der Waals surface area contributed by atoms with Gasteiger partial charge in [-0.2, -0.15) is 0 Å². The van der Waals surface area contributed by atoms with Gasteiger partial charge in [0, 0.05) is 46.4 Å². The van der Waals surface area contributed by atoms with E-state index in [4.69, 9.17) is 9.47 Å². The summed E-state index contributed by atoms with van der Waals surface area (Å²) in [5.41, 5.74) is 2.72. The molecule has 0 aromatic heterocycles.